The molecule has 7 nitrogen and oxygen atoms in total. The van der Waals surface area contributed by atoms with E-state index in [2.05, 4.69) is 14.8 Å². The molecule has 2 aliphatic heterocycles. The molecule has 2 saturated heterocycles. The highest BCUT2D eigenvalue weighted by atomic mass is 16.6. The van der Waals surface area contributed by atoms with Crippen LogP contribution in [0.3, 0.4) is 0 Å². The van der Waals surface area contributed by atoms with Crippen LogP contribution in [0.25, 0.3) is 0 Å². The molecule has 0 N–H and O–H groups in total. The normalized spacial score (nSPS) is 19.1. The molecule has 0 atom stereocenters. The Morgan fingerprint density at radius 1 is 1.04 bits per heavy atom. The molecule has 2 aliphatic rings. The van der Waals surface area contributed by atoms with Gasteiger partial charge in [0, 0.05) is 45.5 Å². The maximum Gasteiger partial charge on any atom is 0.409 e. The van der Waals surface area contributed by atoms with Crippen LogP contribution in [0.4, 0.5) is 16.6 Å². The minimum atomic E-state index is -0.226. The van der Waals surface area contributed by atoms with Gasteiger partial charge in [0.1, 0.15) is 5.82 Å². The highest BCUT2D eigenvalue weighted by molar-refractivity contribution is 5.68. The molecule has 3 rings (SSSR count). The molecular weight excluding hydrogens is 306 g/mol. The average molecular weight is 333 g/mol. The molecule has 0 aromatic carbocycles. The first-order valence-electron chi connectivity index (χ1n) is 9.02. The summed E-state index contributed by atoms with van der Waals surface area (Å²) in [7, 11) is 0. The molecule has 1 amide bonds. The van der Waals surface area contributed by atoms with Crippen molar-refractivity contribution in [3.63, 3.8) is 0 Å². The first-order chi connectivity index (χ1) is 11.8. The quantitative estimate of drug-likeness (QED) is 0.844. The lowest BCUT2D eigenvalue weighted by molar-refractivity contribution is 0.105. The number of piperazine rings is 1. The maximum atomic E-state index is 11.8. The van der Waals surface area contributed by atoms with Crippen LogP contribution in [0.15, 0.2) is 12.3 Å². The van der Waals surface area contributed by atoms with Crippen molar-refractivity contribution < 1.29 is 9.53 Å². The summed E-state index contributed by atoms with van der Waals surface area (Å²) in [4.78, 5) is 27.3. The fraction of sp³-hybridized carbons (Fsp3) is 0.706. The summed E-state index contributed by atoms with van der Waals surface area (Å²) in [5.41, 5.74) is 0. The zero-order chi connectivity index (χ0) is 16.8. The average Bonchev–Trinajstić information content (AvgIpc) is 2.92. The molecule has 1 aromatic rings. The third-order valence-corrected chi connectivity index (χ3v) is 4.65. The molecule has 3 heterocycles. The lowest BCUT2D eigenvalue weighted by Gasteiger charge is -2.34. The highest BCUT2D eigenvalue weighted by Gasteiger charge is 2.23. The van der Waals surface area contributed by atoms with Crippen molar-refractivity contribution in [2.75, 3.05) is 55.7 Å². The first kappa shape index (κ1) is 16.8. The standard InChI is InChI=1S/C17H27N5O2/c1-2-24-17(23)22-13-11-21(12-14-22)16-18-8-7-15(19-16)20-9-5-3-4-6-10-20/h7-8H,2-6,9-14H2,1H3. The van der Waals surface area contributed by atoms with Crippen molar-refractivity contribution in [3.05, 3.63) is 12.3 Å². The monoisotopic (exact) mass is 333 g/mol. The van der Waals surface area contributed by atoms with Gasteiger partial charge in [-0.15, -0.1) is 0 Å². The van der Waals surface area contributed by atoms with Crippen LogP contribution in [0.2, 0.25) is 0 Å². The maximum absolute atomic E-state index is 11.8. The van der Waals surface area contributed by atoms with E-state index >= 15 is 0 Å². The van der Waals surface area contributed by atoms with Gasteiger partial charge in [-0.2, -0.15) is 4.98 Å². The third kappa shape index (κ3) is 4.07. The Hall–Kier alpha value is -2.05. The Balaban J connectivity index is 1.61. The lowest BCUT2D eigenvalue weighted by Crippen LogP contribution is -2.49. The van der Waals surface area contributed by atoms with Crippen LogP contribution in [-0.2, 0) is 4.74 Å². The number of nitrogens with zero attached hydrogens (tertiary/aromatic N) is 5. The fourth-order valence-electron chi connectivity index (χ4n) is 3.27. The van der Waals surface area contributed by atoms with Gasteiger partial charge in [-0.3, -0.25) is 0 Å². The molecule has 24 heavy (non-hydrogen) atoms. The number of hydrogen-bond acceptors (Lipinski definition) is 6. The SMILES string of the molecule is CCOC(=O)N1CCN(c2nccc(N3CCCCCC3)n2)CC1. The summed E-state index contributed by atoms with van der Waals surface area (Å²) in [6.45, 7) is 7.17. The van der Waals surface area contributed by atoms with E-state index in [0.717, 1.165) is 37.9 Å². The summed E-state index contributed by atoms with van der Waals surface area (Å²) in [6.07, 6.45) is 6.71. The van der Waals surface area contributed by atoms with Gasteiger partial charge < -0.3 is 19.4 Å². The second kappa shape index (κ2) is 8.17. The fourth-order valence-corrected chi connectivity index (χ4v) is 3.27. The summed E-state index contributed by atoms with van der Waals surface area (Å²) >= 11 is 0. The number of rotatable bonds is 3. The summed E-state index contributed by atoms with van der Waals surface area (Å²) in [6, 6.07) is 2.00. The molecule has 2 fully saturated rings. The Morgan fingerprint density at radius 3 is 2.42 bits per heavy atom. The number of carbonyl (C=O) groups excluding carboxylic acids is 1. The third-order valence-electron chi connectivity index (χ3n) is 4.65. The molecule has 0 aliphatic carbocycles. The molecule has 0 unspecified atom stereocenters. The van der Waals surface area contributed by atoms with Gasteiger partial charge in [0.05, 0.1) is 6.61 Å². The lowest BCUT2D eigenvalue weighted by atomic mass is 10.2. The first-order valence-corrected chi connectivity index (χ1v) is 9.02. The van der Waals surface area contributed by atoms with Gasteiger partial charge in [0.25, 0.3) is 0 Å². The number of anilines is 2. The van der Waals surface area contributed by atoms with Crippen LogP contribution in [0.1, 0.15) is 32.6 Å². The highest BCUT2D eigenvalue weighted by Crippen LogP contribution is 2.20. The van der Waals surface area contributed by atoms with Crippen molar-refractivity contribution >= 4 is 17.9 Å². The van der Waals surface area contributed by atoms with Gasteiger partial charge >= 0.3 is 6.09 Å². The number of aromatic nitrogens is 2. The predicted molar refractivity (Wildman–Crippen MR) is 93.5 cm³/mol. The molecule has 0 radical (unpaired) electrons. The van der Waals surface area contributed by atoms with E-state index in [1.165, 1.54) is 25.7 Å². The number of carbonyl (C=O) groups is 1. The molecular formula is C17H27N5O2. The molecule has 1 aromatic heterocycles. The van der Waals surface area contributed by atoms with E-state index in [-0.39, 0.29) is 6.09 Å². The zero-order valence-electron chi connectivity index (χ0n) is 14.5. The Labute approximate surface area is 143 Å². The molecule has 0 bridgehead atoms. The van der Waals surface area contributed by atoms with E-state index in [1.807, 2.05) is 19.2 Å². The van der Waals surface area contributed by atoms with Crippen molar-refractivity contribution in [1.82, 2.24) is 14.9 Å². The number of ether oxygens (including phenoxy) is 1. The Morgan fingerprint density at radius 2 is 1.75 bits per heavy atom. The van der Waals surface area contributed by atoms with E-state index in [0.29, 0.717) is 19.7 Å². The van der Waals surface area contributed by atoms with Crippen molar-refractivity contribution in [2.24, 2.45) is 0 Å². The van der Waals surface area contributed by atoms with E-state index in [1.54, 1.807) is 4.90 Å². The van der Waals surface area contributed by atoms with Gasteiger partial charge in [0.2, 0.25) is 5.95 Å². The summed E-state index contributed by atoms with van der Waals surface area (Å²) in [5.74, 6) is 1.79. The molecule has 0 spiro atoms. The van der Waals surface area contributed by atoms with Crippen molar-refractivity contribution in [3.8, 4) is 0 Å². The summed E-state index contributed by atoms with van der Waals surface area (Å²) < 4.78 is 5.06. The smallest absolute Gasteiger partial charge is 0.409 e. The van der Waals surface area contributed by atoms with Crippen LogP contribution >= 0.6 is 0 Å². The Kier molecular flexibility index (Phi) is 5.72. The van der Waals surface area contributed by atoms with Crippen LogP contribution in [0.5, 0.6) is 0 Å². The van der Waals surface area contributed by atoms with Gasteiger partial charge in [-0.05, 0) is 25.8 Å². The predicted octanol–water partition coefficient (Wildman–Crippen LogP) is 2.14. The zero-order valence-corrected chi connectivity index (χ0v) is 14.5. The second-order valence-electron chi connectivity index (χ2n) is 6.29. The van der Waals surface area contributed by atoms with E-state index < -0.39 is 0 Å². The second-order valence-corrected chi connectivity index (χ2v) is 6.29. The van der Waals surface area contributed by atoms with E-state index in [4.69, 9.17) is 9.72 Å². The van der Waals surface area contributed by atoms with Gasteiger partial charge in [-0.25, -0.2) is 9.78 Å². The number of amides is 1. The topological polar surface area (TPSA) is 61.8 Å². The molecule has 7 heteroatoms. The van der Waals surface area contributed by atoms with Crippen molar-refractivity contribution in [2.45, 2.75) is 32.6 Å². The minimum absolute atomic E-state index is 0.226. The summed E-state index contributed by atoms with van der Waals surface area (Å²) in [5, 5.41) is 0. The Bertz CT molecular complexity index is 538. The van der Waals surface area contributed by atoms with Crippen molar-refractivity contribution in [1.29, 1.82) is 0 Å². The largest absolute Gasteiger partial charge is 0.450 e. The number of hydrogen-bond donors (Lipinski definition) is 0. The van der Waals surface area contributed by atoms with Gasteiger partial charge in [0.15, 0.2) is 0 Å². The van der Waals surface area contributed by atoms with Crippen LogP contribution < -0.4 is 9.80 Å². The van der Waals surface area contributed by atoms with Crippen LogP contribution in [-0.4, -0.2) is 66.8 Å². The molecule has 132 valence electrons. The minimum Gasteiger partial charge on any atom is -0.450 e. The van der Waals surface area contributed by atoms with Gasteiger partial charge in [-0.1, -0.05) is 12.8 Å². The van der Waals surface area contributed by atoms with Crippen LogP contribution in [0, 0.1) is 0 Å². The molecule has 0 saturated carbocycles. The van der Waals surface area contributed by atoms with E-state index in [9.17, 15) is 4.79 Å².